The SMILES string of the molecule is NCc1cccc(-c2nc(C(=O)Nc3ccsc3CC(=O)O)cc3ccoc23)c1. The topological polar surface area (TPSA) is 118 Å². The average molecular weight is 407 g/mol. The molecule has 3 heterocycles. The molecule has 0 aliphatic rings. The lowest BCUT2D eigenvalue weighted by Gasteiger charge is -2.09. The molecule has 1 amide bonds. The van der Waals surface area contributed by atoms with Gasteiger partial charge in [0.15, 0.2) is 5.58 Å². The van der Waals surface area contributed by atoms with E-state index in [4.69, 9.17) is 15.3 Å². The summed E-state index contributed by atoms with van der Waals surface area (Å²) in [6.45, 7) is 0.389. The molecule has 1 aromatic carbocycles. The normalized spacial score (nSPS) is 10.9. The lowest BCUT2D eigenvalue weighted by Crippen LogP contribution is -2.15. The number of carbonyl (C=O) groups is 2. The number of nitrogens with zero attached hydrogens (tertiary/aromatic N) is 1. The highest BCUT2D eigenvalue weighted by molar-refractivity contribution is 7.10. The average Bonchev–Trinajstić information content (AvgIpc) is 3.36. The number of hydrogen-bond acceptors (Lipinski definition) is 6. The largest absolute Gasteiger partial charge is 0.481 e. The fourth-order valence-corrected chi connectivity index (χ4v) is 3.87. The minimum Gasteiger partial charge on any atom is -0.481 e. The van der Waals surface area contributed by atoms with Crippen molar-refractivity contribution in [2.24, 2.45) is 5.73 Å². The second-order valence-corrected chi connectivity index (χ2v) is 7.38. The number of benzene rings is 1. The van der Waals surface area contributed by atoms with Gasteiger partial charge in [-0.15, -0.1) is 11.3 Å². The van der Waals surface area contributed by atoms with E-state index in [9.17, 15) is 9.59 Å². The summed E-state index contributed by atoms with van der Waals surface area (Å²) in [4.78, 5) is 29.0. The number of carboxylic acid groups (broad SMARTS) is 1. The Morgan fingerprint density at radius 1 is 1.21 bits per heavy atom. The fourth-order valence-electron chi connectivity index (χ4n) is 3.05. The van der Waals surface area contributed by atoms with Crippen molar-refractivity contribution in [3.63, 3.8) is 0 Å². The number of nitrogens with two attached hydrogens (primary N) is 1. The Morgan fingerprint density at radius 3 is 2.86 bits per heavy atom. The van der Waals surface area contributed by atoms with E-state index in [1.807, 2.05) is 24.3 Å². The number of furan rings is 1. The maximum Gasteiger partial charge on any atom is 0.308 e. The monoisotopic (exact) mass is 407 g/mol. The van der Waals surface area contributed by atoms with Crippen LogP contribution in [0.3, 0.4) is 0 Å². The summed E-state index contributed by atoms with van der Waals surface area (Å²) in [6.07, 6.45) is 1.40. The van der Waals surface area contributed by atoms with Crippen molar-refractivity contribution in [3.8, 4) is 11.3 Å². The summed E-state index contributed by atoms with van der Waals surface area (Å²) in [7, 11) is 0. The molecule has 4 rings (SSSR count). The number of thiophene rings is 1. The first kappa shape index (κ1) is 18.9. The Hall–Kier alpha value is -3.49. The molecule has 29 heavy (non-hydrogen) atoms. The van der Waals surface area contributed by atoms with Crippen LogP contribution < -0.4 is 11.1 Å². The van der Waals surface area contributed by atoms with Gasteiger partial charge in [0.25, 0.3) is 5.91 Å². The molecule has 0 saturated carbocycles. The molecular formula is C21H17N3O4S. The van der Waals surface area contributed by atoms with Gasteiger partial charge in [0, 0.05) is 22.4 Å². The van der Waals surface area contributed by atoms with Gasteiger partial charge < -0.3 is 20.6 Å². The van der Waals surface area contributed by atoms with Gasteiger partial charge in [-0.3, -0.25) is 9.59 Å². The molecule has 0 bridgehead atoms. The smallest absolute Gasteiger partial charge is 0.308 e. The molecule has 8 heteroatoms. The zero-order valence-electron chi connectivity index (χ0n) is 15.2. The molecule has 7 nitrogen and oxygen atoms in total. The summed E-state index contributed by atoms with van der Waals surface area (Å²) in [6, 6.07) is 12.7. The molecule has 0 saturated heterocycles. The van der Waals surface area contributed by atoms with Crippen molar-refractivity contribution in [2.75, 3.05) is 5.32 Å². The van der Waals surface area contributed by atoms with Crippen LogP contribution in [0.15, 0.2) is 58.5 Å². The second-order valence-electron chi connectivity index (χ2n) is 6.38. The maximum atomic E-state index is 12.9. The Labute approximate surface area is 169 Å². The minimum absolute atomic E-state index is 0.154. The van der Waals surface area contributed by atoms with Crippen LogP contribution in [0.25, 0.3) is 22.2 Å². The van der Waals surface area contributed by atoms with E-state index in [0.717, 1.165) is 16.5 Å². The molecular weight excluding hydrogens is 390 g/mol. The number of amides is 1. The van der Waals surface area contributed by atoms with Crippen LogP contribution in [0, 0.1) is 0 Å². The summed E-state index contributed by atoms with van der Waals surface area (Å²) < 4.78 is 5.59. The van der Waals surface area contributed by atoms with Crippen LogP contribution in [-0.2, 0) is 17.8 Å². The van der Waals surface area contributed by atoms with E-state index in [1.165, 1.54) is 11.3 Å². The van der Waals surface area contributed by atoms with Gasteiger partial charge in [-0.1, -0.05) is 18.2 Å². The van der Waals surface area contributed by atoms with Crippen LogP contribution in [0.5, 0.6) is 0 Å². The zero-order valence-corrected chi connectivity index (χ0v) is 16.0. The summed E-state index contributed by atoms with van der Waals surface area (Å²) in [5, 5.41) is 14.3. The fraction of sp³-hybridized carbons (Fsp3) is 0.0952. The third kappa shape index (κ3) is 3.89. The molecule has 146 valence electrons. The van der Waals surface area contributed by atoms with E-state index in [0.29, 0.717) is 28.4 Å². The van der Waals surface area contributed by atoms with Crippen molar-refractivity contribution in [3.05, 3.63) is 70.2 Å². The number of fused-ring (bicyclic) bond motifs is 1. The van der Waals surface area contributed by atoms with E-state index in [1.54, 1.807) is 29.8 Å². The third-order valence-corrected chi connectivity index (χ3v) is 5.33. The number of rotatable bonds is 6. The highest BCUT2D eigenvalue weighted by Gasteiger charge is 2.18. The summed E-state index contributed by atoms with van der Waals surface area (Å²) in [5.41, 5.74) is 9.29. The molecule has 0 atom stereocenters. The van der Waals surface area contributed by atoms with E-state index in [-0.39, 0.29) is 12.1 Å². The number of hydrogen-bond donors (Lipinski definition) is 3. The van der Waals surface area contributed by atoms with Gasteiger partial charge >= 0.3 is 5.97 Å². The Morgan fingerprint density at radius 2 is 2.07 bits per heavy atom. The van der Waals surface area contributed by atoms with Gasteiger partial charge in [0.1, 0.15) is 11.4 Å². The first-order chi connectivity index (χ1) is 14.0. The molecule has 0 fully saturated rings. The first-order valence-electron chi connectivity index (χ1n) is 8.82. The predicted molar refractivity (Wildman–Crippen MR) is 111 cm³/mol. The maximum absolute atomic E-state index is 12.9. The van der Waals surface area contributed by atoms with Crippen LogP contribution >= 0.6 is 11.3 Å². The molecule has 0 unspecified atom stereocenters. The Kier molecular flexibility index (Phi) is 5.11. The van der Waals surface area contributed by atoms with Crippen molar-refractivity contribution < 1.29 is 19.1 Å². The number of aromatic nitrogens is 1. The van der Waals surface area contributed by atoms with Crippen molar-refractivity contribution in [1.29, 1.82) is 0 Å². The lowest BCUT2D eigenvalue weighted by molar-refractivity contribution is -0.136. The highest BCUT2D eigenvalue weighted by Crippen LogP contribution is 2.30. The van der Waals surface area contributed by atoms with Crippen LogP contribution in [0.4, 0.5) is 5.69 Å². The number of carboxylic acids is 1. The van der Waals surface area contributed by atoms with Gasteiger partial charge in [0.2, 0.25) is 0 Å². The predicted octanol–water partition coefficient (Wildman–Crippen LogP) is 3.89. The minimum atomic E-state index is -0.956. The van der Waals surface area contributed by atoms with Crippen molar-refractivity contribution in [1.82, 2.24) is 4.98 Å². The number of pyridine rings is 1. The van der Waals surface area contributed by atoms with Crippen LogP contribution in [-0.4, -0.2) is 22.0 Å². The van der Waals surface area contributed by atoms with Gasteiger partial charge in [-0.25, -0.2) is 4.98 Å². The number of nitrogens with one attached hydrogen (secondary N) is 1. The molecule has 3 aromatic heterocycles. The Balaban J connectivity index is 1.72. The number of carbonyl (C=O) groups excluding carboxylic acids is 1. The third-order valence-electron chi connectivity index (χ3n) is 4.41. The van der Waals surface area contributed by atoms with Gasteiger partial charge in [-0.2, -0.15) is 0 Å². The van der Waals surface area contributed by atoms with Gasteiger partial charge in [-0.05, 0) is 35.2 Å². The van der Waals surface area contributed by atoms with Crippen LogP contribution in [0.1, 0.15) is 20.9 Å². The molecule has 4 N–H and O–H groups in total. The van der Waals surface area contributed by atoms with E-state index in [2.05, 4.69) is 10.3 Å². The van der Waals surface area contributed by atoms with Crippen molar-refractivity contribution >= 4 is 39.9 Å². The van der Waals surface area contributed by atoms with Crippen molar-refractivity contribution in [2.45, 2.75) is 13.0 Å². The molecule has 0 aliphatic carbocycles. The zero-order chi connectivity index (χ0) is 20.4. The molecule has 0 spiro atoms. The number of anilines is 1. The lowest BCUT2D eigenvalue weighted by atomic mass is 10.1. The second kappa shape index (κ2) is 7.86. The first-order valence-corrected chi connectivity index (χ1v) is 9.70. The molecule has 0 aliphatic heterocycles. The Bertz CT molecular complexity index is 1210. The number of aliphatic carboxylic acids is 1. The highest BCUT2D eigenvalue weighted by atomic mass is 32.1. The summed E-state index contributed by atoms with van der Waals surface area (Å²) >= 11 is 1.28. The quantitative estimate of drug-likeness (QED) is 0.446. The summed E-state index contributed by atoms with van der Waals surface area (Å²) in [5.74, 6) is -1.38. The molecule has 4 aromatic rings. The van der Waals surface area contributed by atoms with Crippen LogP contribution in [0.2, 0.25) is 0 Å². The molecule has 0 radical (unpaired) electrons. The van der Waals surface area contributed by atoms with Gasteiger partial charge in [0.05, 0.1) is 18.4 Å². The standard InChI is InChI=1S/C21H17N3O4S/c22-11-12-2-1-3-13(8-12)19-20-14(4-6-28-20)9-16(23-19)21(27)24-15-5-7-29-17(15)10-18(25)26/h1-9H,10-11,22H2,(H,24,27)(H,25,26). The van der Waals surface area contributed by atoms with E-state index >= 15 is 0 Å². The van der Waals surface area contributed by atoms with E-state index < -0.39 is 11.9 Å².